The van der Waals surface area contributed by atoms with E-state index in [4.69, 9.17) is 11.6 Å². The summed E-state index contributed by atoms with van der Waals surface area (Å²) in [5.74, 6) is -2.44. The van der Waals surface area contributed by atoms with Crippen LogP contribution in [0.4, 0.5) is 9.52 Å². The van der Waals surface area contributed by atoms with Crippen LogP contribution in [0.3, 0.4) is 0 Å². The van der Waals surface area contributed by atoms with Crippen molar-refractivity contribution in [1.82, 2.24) is 4.98 Å². The largest absolute Gasteiger partial charge is 0.507 e. The Morgan fingerprint density at radius 1 is 1.00 bits per heavy atom. The highest BCUT2D eigenvalue weighted by Crippen LogP contribution is 2.44. The van der Waals surface area contributed by atoms with E-state index in [0.717, 1.165) is 4.70 Å². The maximum atomic E-state index is 13.6. The number of carbonyl (C=O) groups excluding carboxylic acids is 2. The molecule has 0 radical (unpaired) electrons. The molecule has 0 bridgehead atoms. The number of aliphatic hydroxyl groups excluding tert-OH is 1. The Labute approximate surface area is 191 Å². The minimum absolute atomic E-state index is 0.0943. The molecule has 5 nitrogen and oxygen atoms in total. The lowest BCUT2D eigenvalue weighted by molar-refractivity contribution is -0.132. The smallest absolute Gasteiger partial charge is 0.301 e. The van der Waals surface area contributed by atoms with E-state index in [2.05, 4.69) is 4.98 Å². The summed E-state index contributed by atoms with van der Waals surface area (Å²) in [6.45, 7) is 0. The number of thiazole rings is 1. The third-order valence-corrected chi connectivity index (χ3v) is 6.52. The molecule has 158 valence electrons. The Bertz CT molecular complexity index is 1360. The zero-order valence-electron chi connectivity index (χ0n) is 16.3. The molecule has 1 aromatic heterocycles. The molecule has 32 heavy (non-hydrogen) atoms. The molecule has 1 saturated heterocycles. The molecule has 3 aromatic carbocycles. The first-order chi connectivity index (χ1) is 15.4. The number of Topliss-reactive ketones (excluding diaryl/α,β-unsaturated/α-hetero) is 1. The molecule has 2 heterocycles. The maximum Gasteiger partial charge on any atom is 0.301 e. The maximum absolute atomic E-state index is 13.6. The quantitative estimate of drug-likeness (QED) is 0.239. The number of benzene rings is 3. The first kappa shape index (κ1) is 20.4. The standard InChI is InChI=1S/C24H14ClFN2O3S/c25-15-9-5-14(6-10-15)21(29)19-20(13-7-11-16(26)12-8-13)28(23(31)22(19)30)24-27-17-3-1-2-4-18(17)32-24/h1-12,20,29H/t20-/m0/s1. The number of aliphatic hydroxyl groups is 1. The summed E-state index contributed by atoms with van der Waals surface area (Å²) < 4.78 is 14.5. The molecular formula is C24H14ClFN2O3S. The van der Waals surface area contributed by atoms with Crippen LogP contribution in [-0.4, -0.2) is 21.8 Å². The summed E-state index contributed by atoms with van der Waals surface area (Å²) >= 11 is 7.20. The monoisotopic (exact) mass is 464 g/mol. The summed E-state index contributed by atoms with van der Waals surface area (Å²) in [4.78, 5) is 32.0. The van der Waals surface area contributed by atoms with Gasteiger partial charge in [0.25, 0.3) is 5.78 Å². The van der Waals surface area contributed by atoms with Crippen LogP contribution in [0, 0.1) is 5.82 Å². The van der Waals surface area contributed by atoms with Crippen molar-refractivity contribution < 1.29 is 19.1 Å². The topological polar surface area (TPSA) is 70.5 Å². The van der Waals surface area contributed by atoms with Crippen molar-refractivity contribution >= 4 is 55.7 Å². The number of hydrogen-bond acceptors (Lipinski definition) is 5. The van der Waals surface area contributed by atoms with Crippen molar-refractivity contribution in [1.29, 1.82) is 0 Å². The fourth-order valence-corrected chi connectivity index (χ4v) is 4.83. The van der Waals surface area contributed by atoms with E-state index in [-0.39, 0.29) is 11.3 Å². The lowest BCUT2D eigenvalue weighted by Crippen LogP contribution is -2.29. The van der Waals surface area contributed by atoms with Crippen LogP contribution in [0.1, 0.15) is 17.2 Å². The molecule has 1 amide bonds. The number of hydrogen-bond donors (Lipinski definition) is 1. The van der Waals surface area contributed by atoms with Crippen LogP contribution >= 0.6 is 22.9 Å². The highest BCUT2D eigenvalue weighted by Gasteiger charge is 2.48. The molecule has 0 unspecified atom stereocenters. The fourth-order valence-electron chi connectivity index (χ4n) is 3.72. The SMILES string of the molecule is O=C1C(=O)N(c2nc3ccccc3s2)[C@@H](c2ccc(F)cc2)C1=C(O)c1ccc(Cl)cc1. The lowest BCUT2D eigenvalue weighted by Gasteiger charge is -2.23. The minimum atomic E-state index is -0.966. The van der Waals surface area contributed by atoms with Crippen molar-refractivity contribution in [2.24, 2.45) is 0 Å². The van der Waals surface area contributed by atoms with E-state index in [1.807, 2.05) is 24.3 Å². The van der Waals surface area contributed by atoms with Gasteiger partial charge in [-0.25, -0.2) is 9.37 Å². The zero-order valence-corrected chi connectivity index (χ0v) is 17.9. The van der Waals surface area contributed by atoms with Crippen molar-refractivity contribution in [2.45, 2.75) is 6.04 Å². The molecule has 5 rings (SSSR count). The number of para-hydroxylation sites is 1. The van der Waals surface area contributed by atoms with Crippen molar-refractivity contribution in [3.05, 3.63) is 100 Å². The third-order valence-electron chi connectivity index (χ3n) is 5.24. The van der Waals surface area contributed by atoms with E-state index in [9.17, 15) is 19.1 Å². The summed E-state index contributed by atoms with van der Waals surface area (Å²) in [7, 11) is 0. The van der Waals surface area contributed by atoms with Gasteiger partial charge in [0.05, 0.1) is 21.8 Å². The van der Waals surface area contributed by atoms with Gasteiger partial charge in [-0.3, -0.25) is 14.5 Å². The minimum Gasteiger partial charge on any atom is -0.507 e. The van der Waals surface area contributed by atoms with Crippen molar-refractivity contribution in [3.8, 4) is 0 Å². The Balaban J connectivity index is 1.73. The molecular weight excluding hydrogens is 451 g/mol. The molecule has 8 heteroatoms. The number of rotatable bonds is 3. The number of nitrogens with zero attached hydrogens (tertiary/aromatic N) is 2. The second-order valence-corrected chi connectivity index (χ2v) is 8.64. The average molecular weight is 465 g/mol. The number of amides is 1. The van der Waals surface area contributed by atoms with E-state index in [1.165, 1.54) is 40.5 Å². The second-order valence-electron chi connectivity index (χ2n) is 7.19. The molecule has 1 fully saturated rings. The fraction of sp³-hybridized carbons (Fsp3) is 0.0417. The van der Waals surface area contributed by atoms with Crippen LogP contribution in [0.2, 0.25) is 5.02 Å². The average Bonchev–Trinajstić information content (AvgIpc) is 3.33. The van der Waals surface area contributed by atoms with Gasteiger partial charge in [-0.2, -0.15) is 0 Å². The number of fused-ring (bicyclic) bond motifs is 1. The van der Waals surface area contributed by atoms with Crippen molar-refractivity contribution in [3.63, 3.8) is 0 Å². The first-order valence-electron chi connectivity index (χ1n) is 9.62. The normalized spacial score (nSPS) is 17.9. The van der Waals surface area contributed by atoms with Gasteiger partial charge in [-0.1, -0.05) is 47.2 Å². The Morgan fingerprint density at radius 2 is 1.69 bits per heavy atom. The van der Waals surface area contributed by atoms with Gasteiger partial charge >= 0.3 is 5.91 Å². The van der Waals surface area contributed by atoms with E-state index in [0.29, 0.717) is 26.8 Å². The van der Waals surface area contributed by atoms with Gasteiger partial charge in [-0.05, 0) is 54.1 Å². The predicted molar refractivity (Wildman–Crippen MR) is 122 cm³/mol. The molecule has 1 aliphatic heterocycles. The van der Waals surface area contributed by atoms with Crippen molar-refractivity contribution in [2.75, 3.05) is 4.90 Å². The number of carbonyl (C=O) groups is 2. The van der Waals surface area contributed by atoms with Gasteiger partial charge < -0.3 is 5.11 Å². The van der Waals surface area contributed by atoms with Gasteiger partial charge in [0, 0.05) is 10.6 Å². The Morgan fingerprint density at radius 3 is 2.38 bits per heavy atom. The van der Waals surface area contributed by atoms with Gasteiger partial charge in [0.2, 0.25) is 0 Å². The van der Waals surface area contributed by atoms with E-state index < -0.39 is 23.5 Å². The number of aromatic nitrogens is 1. The molecule has 1 atom stereocenters. The summed E-state index contributed by atoms with van der Waals surface area (Å²) in [5.41, 5.74) is 1.40. The Kier molecular flexibility index (Phi) is 5.00. The molecule has 0 aliphatic carbocycles. The van der Waals surface area contributed by atoms with Crippen LogP contribution in [0.25, 0.3) is 16.0 Å². The van der Waals surface area contributed by atoms with Crippen LogP contribution < -0.4 is 4.90 Å². The predicted octanol–water partition coefficient (Wildman–Crippen LogP) is 5.72. The first-order valence-corrected chi connectivity index (χ1v) is 10.8. The van der Waals surface area contributed by atoms with Gasteiger partial charge in [0.1, 0.15) is 11.6 Å². The van der Waals surface area contributed by atoms with Crippen LogP contribution in [0.15, 0.2) is 78.4 Å². The van der Waals surface area contributed by atoms with Gasteiger partial charge in [0.15, 0.2) is 5.13 Å². The summed E-state index contributed by atoms with van der Waals surface area (Å²) in [6.07, 6.45) is 0. The lowest BCUT2D eigenvalue weighted by atomic mass is 9.95. The van der Waals surface area contributed by atoms with E-state index in [1.54, 1.807) is 24.3 Å². The number of ketones is 1. The number of anilines is 1. The second kappa shape index (κ2) is 7.85. The highest BCUT2D eigenvalue weighted by molar-refractivity contribution is 7.22. The summed E-state index contributed by atoms with van der Waals surface area (Å²) in [5, 5.41) is 11.8. The van der Waals surface area contributed by atoms with Crippen LogP contribution in [-0.2, 0) is 9.59 Å². The van der Waals surface area contributed by atoms with Crippen LogP contribution in [0.5, 0.6) is 0 Å². The molecule has 4 aromatic rings. The molecule has 1 aliphatic rings. The van der Waals surface area contributed by atoms with Gasteiger partial charge in [-0.15, -0.1) is 0 Å². The third kappa shape index (κ3) is 3.36. The number of halogens is 2. The molecule has 0 saturated carbocycles. The molecule has 0 spiro atoms. The van der Waals surface area contributed by atoms with E-state index >= 15 is 0 Å². The Hall–Kier alpha value is -3.55. The highest BCUT2D eigenvalue weighted by atomic mass is 35.5. The summed E-state index contributed by atoms with van der Waals surface area (Å²) in [6, 6.07) is 18.1. The molecule has 1 N–H and O–H groups in total. The zero-order chi connectivity index (χ0) is 22.4.